The number of halogens is 3. The van der Waals surface area contributed by atoms with E-state index in [-0.39, 0.29) is 12.1 Å². The van der Waals surface area contributed by atoms with Crippen LogP contribution in [0.15, 0.2) is 68.2 Å². The molecule has 0 aliphatic carbocycles. The molecule has 4 aromatic rings. The van der Waals surface area contributed by atoms with E-state index in [0.717, 1.165) is 21.0 Å². The maximum Gasteiger partial charge on any atom is 0.168 e. The van der Waals surface area contributed by atoms with Gasteiger partial charge in [-0.1, -0.05) is 45.4 Å². The summed E-state index contributed by atoms with van der Waals surface area (Å²) >= 11 is 5.37. The van der Waals surface area contributed by atoms with E-state index in [1.165, 1.54) is 6.07 Å². The summed E-state index contributed by atoms with van der Waals surface area (Å²) in [5.74, 6) is -0.416. The van der Waals surface area contributed by atoms with Crippen LogP contribution in [-0.4, -0.2) is 19.4 Å². The summed E-state index contributed by atoms with van der Waals surface area (Å²) in [7, 11) is 0. The molecule has 0 radical (unpaired) electrons. The first-order valence-electron chi connectivity index (χ1n) is 10.3. The SMILES string of the molecule is CC(C)(C)[S+]([O-])NC(Cc1nc(Br)ccc1F)c1ccccc1-c1noc2cc(Br)ccc12. The van der Waals surface area contributed by atoms with Gasteiger partial charge in [0.05, 0.1) is 11.7 Å². The molecule has 0 aliphatic rings. The summed E-state index contributed by atoms with van der Waals surface area (Å²) in [6, 6.07) is 15.9. The largest absolute Gasteiger partial charge is 0.598 e. The molecule has 0 amide bonds. The van der Waals surface area contributed by atoms with E-state index < -0.39 is 28.0 Å². The molecule has 0 saturated carbocycles. The third-order valence-electron chi connectivity index (χ3n) is 5.11. The van der Waals surface area contributed by atoms with E-state index in [2.05, 4.69) is 46.7 Å². The average molecular weight is 595 g/mol. The molecule has 2 unspecified atom stereocenters. The predicted molar refractivity (Wildman–Crippen MR) is 137 cm³/mol. The van der Waals surface area contributed by atoms with Crippen LogP contribution in [0.1, 0.15) is 38.1 Å². The minimum absolute atomic E-state index is 0.200. The zero-order valence-electron chi connectivity index (χ0n) is 18.2. The van der Waals surface area contributed by atoms with Gasteiger partial charge in [0.1, 0.15) is 20.9 Å². The number of pyridine rings is 1. The van der Waals surface area contributed by atoms with Crippen molar-refractivity contribution in [3.05, 3.63) is 80.7 Å². The standard InChI is InChI=1S/C24H22Br2FN3O2S/c1-24(2,3)33(31)30-19(13-20-18(27)10-11-22(26)28-20)15-6-4-5-7-16(15)23-17-9-8-14(25)12-21(17)32-29-23/h4-12,19,30H,13H2,1-3H3. The van der Waals surface area contributed by atoms with Crippen molar-refractivity contribution in [2.45, 2.75) is 38.0 Å². The van der Waals surface area contributed by atoms with Gasteiger partial charge < -0.3 is 9.08 Å². The van der Waals surface area contributed by atoms with Gasteiger partial charge in [-0.2, -0.15) is 0 Å². The first kappa shape index (κ1) is 24.3. The highest BCUT2D eigenvalue weighted by molar-refractivity contribution is 9.10. The molecule has 1 N–H and O–H groups in total. The molecule has 172 valence electrons. The normalized spacial score (nSPS) is 13.9. The Hall–Kier alpha value is -1.78. The van der Waals surface area contributed by atoms with Crippen LogP contribution in [0.4, 0.5) is 4.39 Å². The molecule has 0 saturated heterocycles. The number of rotatable bonds is 6. The second-order valence-electron chi connectivity index (χ2n) is 8.58. The van der Waals surface area contributed by atoms with Crippen LogP contribution in [-0.2, 0) is 17.8 Å². The second kappa shape index (κ2) is 9.84. The lowest BCUT2D eigenvalue weighted by molar-refractivity contribution is 0.459. The van der Waals surface area contributed by atoms with Gasteiger partial charge in [-0.05, 0) is 72.6 Å². The quantitative estimate of drug-likeness (QED) is 0.194. The molecular weight excluding hydrogens is 573 g/mol. The number of aromatic nitrogens is 2. The van der Waals surface area contributed by atoms with Crippen LogP contribution < -0.4 is 4.72 Å². The summed E-state index contributed by atoms with van der Waals surface area (Å²) in [5.41, 5.74) is 3.24. The van der Waals surface area contributed by atoms with Crippen molar-refractivity contribution in [2.24, 2.45) is 0 Å². The third-order valence-corrected chi connectivity index (χ3v) is 7.66. The highest BCUT2D eigenvalue weighted by Crippen LogP contribution is 2.36. The molecule has 0 aliphatic heterocycles. The first-order valence-corrected chi connectivity index (χ1v) is 13.0. The van der Waals surface area contributed by atoms with E-state index >= 15 is 0 Å². The number of nitrogens with one attached hydrogen (secondary N) is 1. The molecule has 0 bridgehead atoms. The van der Waals surface area contributed by atoms with Crippen LogP contribution in [0.3, 0.4) is 0 Å². The van der Waals surface area contributed by atoms with E-state index in [1.54, 1.807) is 6.07 Å². The summed E-state index contributed by atoms with van der Waals surface area (Å²) in [4.78, 5) is 4.32. The van der Waals surface area contributed by atoms with Gasteiger partial charge in [0.15, 0.2) is 5.58 Å². The molecule has 2 aromatic heterocycles. The fourth-order valence-corrected chi connectivity index (χ4v) is 4.95. The van der Waals surface area contributed by atoms with Gasteiger partial charge in [-0.15, -0.1) is 4.72 Å². The molecule has 2 atom stereocenters. The molecule has 9 heteroatoms. The Labute approximate surface area is 211 Å². The van der Waals surface area contributed by atoms with Crippen LogP contribution in [0, 0.1) is 5.82 Å². The van der Waals surface area contributed by atoms with Crippen LogP contribution in [0.5, 0.6) is 0 Å². The number of hydrogen-bond acceptors (Lipinski definition) is 5. The minimum Gasteiger partial charge on any atom is -0.598 e. The second-order valence-corrected chi connectivity index (χ2v) is 12.3. The fraction of sp³-hybridized carbons (Fsp3) is 0.250. The highest BCUT2D eigenvalue weighted by atomic mass is 79.9. The van der Waals surface area contributed by atoms with E-state index in [9.17, 15) is 8.94 Å². The fourth-order valence-electron chi connectivity index (χ4n) is 3.44. The Morgan fingerprint density at radius 1 is 1.12 bits per heavy atom. The van der Waals surface area contributed by atoms with Crippen molar-refractivity contribution in [3.63, 3.8) is 0 Å². The number of fused-ring (bicyclic) bond motifs is 1. The Kier molecular flexibility index (Phi) is 7.26. The van der Waals surface area contributed by atoms with E-state index in [1.807, 2.05) is 63.2 Å². The molecule has 4 rings (SSSR count). The molecular formula is C24H22Br2FN3O2S. The predicted octanol–water partition coefficient (Wildman–Crippen LogP) is 6.89. The summed E-state index contributed by atoms with van der Waals surface area (Å²) in [5, 5.41) is 5.17. The topological polar surface area (TPSA) is 74.0 Å². The van der Waals surface area contributed by atoms with Gasteiger partial charge >= 0.3 is 0 Å². The first-order chi connectivity index (χ1) is 15.6. The van der Waals surface area contributed by atoms with Gasteiger partial charge in [0, 0.05) is 33.2 Å². The van der Waals surface area contributed by atoms with E-state index in [0.29, 0.717) is 15.9 Å². The lowest BCUT2D eigenvalue weighted by atomic mass is 9.94. The lowest BCUT2D eigenvalue weighted by Gasteiger charge is -2.29. The summed E-state index contributed by atoms with van der Waals surface area (Å²) < 4.78 is 37.4. The third kappa shape index (κ3) is 5.49. The zero-order valence-corrected chi connectivity index (χ0v) is 22.2. The monoisotopic (exact) mass is 593 g/mol. The van der Waals surface area contributed by atoms with Crippen molar-refractivity contribution in [3.8, 4) is 11.3 Å². The van der Waals surface area contributed by atoms with Gasteiger partial charge in [-0.3, -0.25) is 0 Å². The van der Waals surface area contributed by atoms with Crippen LogP contribution in [0.25, 0.3) is 22.2 Å². The van der Waals surface area contributed by atoms with Gasteiger partial charge in [0.25, 0.3) is 0 Å². The molecule has 2 aromatic carbocycles. The Balaban J connectivity index is 1.82. The van der Waals surface area contributed by atoms with Crippen molar-refractivity contribution in [2.75, 3.05) is 0 Å². The van der Waals surface area contributed by atoms with Crippen LogP contribution >= 0.6 is 31.9 Å². The Bertz CT molecular complexity index is 1290. The van der Waals surface area contributed by atoms with Gasteiger partial charge in [-0.25, -0.2) is 9.37 Å². The highest BCUT2D eigenvalue weighted by Gasteiger charge is 2.32. The Morgan fingerprint density at radius 2 is 1.88 bits per heavy atom. The summed E-state index contributed by atoms with van der Waals surface area (Å²) in [6.07, 6.45) is 0.200. The molecule has 2 heterocycles. The Morgan fingerprint density at radius 3 is 2.64 bits per heavy atom. The maximum absolute atomic E-state index is 14.6. The number of nitrogens with zero attached hydrogens (tertiary/aromatic N) is 2. The van der Waals surface area contributed by atoms with Crippen LogP contribution in [0.2, 0.25) is 0 Å². The number of benzene rings is 2. The maximum atomic E-state index is 14.6. The molecule has 5 nitrogen and oxygen atoms in total. The van der Waals surface area contributed by atoms with Crippen molar-refractivity contribution in [1.82, 2.24) is 14.9 Å². The zero-order chi connectivity index (χ0) is 23.8. The molecule has 0 spiro atoms. The number of hydrogen-bond donors (Lipinski definition) is 1. The molecule has 33 heavy (non-hydrogen) atoms. The van der Waals surface area contributed by atoms with Crippen molar-refractivity contribution < 1.29 is 13.5 Å². The lowest BCUT2D eigenvalue weighted by Crippen LogP contribution is -2.42. The van der Waals surface area contributed by atoms with Crippen molar-refractivity contribution in [1.29, 1.82) is 0 Å². The van der Waals surface area contributed by atoms with E-state index in [4.69, 9.17) is 4.52 Å². The minimum atomic E-state index is -1.40. The molecule has 0 fully saturated rings. The summed E-state index contributed by atoms with van der Waals surface area (Å²) in [6.45, 7) is 5.67. The van der Waals surface area contributed by atoms with Crippen molar-refractivity contribution >= 4 is 54.2 Å². The smallest absolute Gasteiger partial charge is 0.168 e. The average Bonchev–Trinajstić information content (AvgIpc) is 3.18. The van der Waals surface area contributed by atoms with Gasteiger partial charge in [0.2, 0.25) is 0 Å².